The van der Waals surface area contributed by atoms with E-state index >= 15 is 0 Å². The highest BCUT2D eigenvalue weighted by molar-refractivity contribution is 7.92. The highest BCUT2D eigenvalue weighted by atomic mass is 32.2. The van der Waals surface area contributed by atoms with Crippen LogP contribution in [0.1, 0.15) is 30.7 Å². The lowest BCUT2D eigenvalue weighted by atomic mass is 9.87. The molecule has 0 fully saturated rings. The number of ether oxygens (including phenoxy) is 2. The molecule has 2 aromatic heterocycles. The minimum atomic E-state index is -3.36. The van der Waals surface area contributed by atoms with Gasteiger partial charge in [-0.1, -0.05) is 35.9 Å². The Labute approximate surface area is 198 Å². The number of allylic oxidation sites excluding steroid dienone is 5. The van der Waals surface area contributed by atoms with Crippen molar-refractivity contribution in [2.24, 2.45) is 0 Å². The van der Waals surface area contributed by atoms with Crippen molar-refractivity contribution in [1.29, 1.82) is 0 Å². The fraction of sp³-hybridized carbons (Fsp3) is 0.192. The molecule has 5 rings (SSSR count). The van der Waals surface area contributed by atoms with Crippen molar-refractivity contribution in [3.05, 3.63) is 96.6 Å². The number of aromatic nitrogens is 2. The number of hydrogen-bond donors (Lipinski definition) is 2. The molecule has 34 heavy (non-hydrogen) atoms. The highest BCUT2D eigenvalue weighted by Crippen LogP contribution is 2.39. The van der Waals surface area contributed by atoms with Crippen LogP contribution in [0.4, 0.5) is 5.69 Å². The number of pyridine rings is 1. The molecule has 0 radical (unpaired) electrons. The molecule has 1 aliphatic carbocycles. The van der Waals surface area contributed by atoms with Crippen molar-refractivity contribution in [2.45, 2.75) is 25.2 Å². The average Bonchev–Trinajstić information content (AvgIpc) is 3.26. The van der Waals surface area contributed by atoms with Crippen LogP contribution in [-0.2, 0) is 19.5 Å². The van der Waals surface area contributed by atoms with Gasteiger partial charge in [0.2, 0.25) is 10.0 Å². The smallest absolute Gasteiger partial charge is 0.229 e. The van der Waals surface area contributed by atoms with Crippen LogP contribution in [0.5, 0.6) is 0 Å². The maximum Gasteiger partial charge on any atom is 0.229 e. The first-order valence-electron chi connectivity index (χ1n) is 11.0. The van der Waals surface area contributed by atoms with E-state index in [1.807, 2.05) is 18.3 Å². The first-order valence-corrected chi connectivity index (χ1v) is 12.9. The van der Waals surface area contributed by atoms with Gasteiger partial charge in [0.25, 0.3) is 0 Å². The number of rotatable bonds is 7. The van der Waals surface area contributed by atoms with Crippen molar-refractivity contribution in [3.8, 4) is 11.1 Å². The van der Waals surface area contributed by atoms with Gasteiger partial charge < -0.3 is 14.5 Å². The molecule has 0 saturated heterocycles. The predicted molar refractivity (Wildman–Crippen MR) is 133 cm³/mol. The molecular weight excluding hydrogens is 450 g/mol. The third kappa shape index (κ3) is 4.92. The number of nitrogens with one attached hydrogen (secondary N) is 2. The molecule has 3 heterocycles. The van der Waals surface area contributed by atoms with Gasteiger partial charge in [-0.15, -0.1) is 0 Å². The van der Waals surface area contributed by atoms with Crippen LogP contribution in [-0.4, -0.2) is 24.6 Å². The van der Waals surface area contributed by atoms with Crippen LogP contribution in [0.25, 0.3) is 22.2 Å². The third-order valence-corrected chi connectivity index (χ3v) is 6.48. The molecule has 3 aromatic rings. The number of nitrogens with zero attached hydrogens (tertiary/aromatic N) is 1. The number of hydrogen-bond acceptors (Lipinski definition) is 5. The van der Waals surface area contributed by atoms with Crippen molar-refractivity contribution in [3.63, 3.8) is 0 Å². The minimum absolute atomic E-state index is 0.0493. The van der Waals surface area contributed by atoms with E-state index in [0.29, 0.717) is 5.69 Å². The Morgan fingerprint density at radius 1 is 1.21 bits per heavy atom. The van der Waals surface area contributed by atoms with Crippen molar-refractivity contribution >= 4 is 26.7 Å². The number of anilines is 1. The highest BCUT2D eigenvalue weighted by Gasteiger charge is 2.25. The normalized spacial score (nSPS) is 16.4. The van der Waals surface area contributed by atoms with E-state index in [9.17, 15) is 8.42 Å². The van der Waals surface area contributed by atoms with Crippen molar-refractivity contribution < 1.29 is 17.9 Å². The lowest BCUT2D eigenvalue weighted by Gasteiger charge is -2.22. The van der Waals surface area contributed by atoms with Crippen LogP contribution < -0.4 is 4.72 Å². The molecule has 0 saturated carbocycles. The lowest BCUT2D eigenvalue weighted by Crippen LogP contribution is -2.09. The monoisotopic (exact) mass is 475 g/mol. The first kappa shape index (κ1) is 22.0. The SMILES string of the molecule is CS(=O)(=O)Nc1cccc(-c2cnc3[nH]cc(C(CC4=CC=CCC4)C4=COC=CO4)c3c2)c1. The van der Waals surface area contributed by atoms with Gasteiger partial charge in [-0.2, -0.15) is 0 Å². The molecular formula is C26H25N3O4S. The number of benzene rings is 1. The van der Waals surface area contributed by atoms with Gasteiger partial charge in [0.15, 0.2) is 0 Å². The summed E-state index contributed by atoms with van der Waals surface area (Å²) in [6, 6.07) is 9.36. The van der Waals surface area contributed by atoms with E-state index in [4.69, 9.17) is 9.47 Å². The molecule has 174 valence electrons. The van der Waals surface area contributed by atoms with Crippen LogP contribution in [0.2, 0.25) is 0 Å². The summed E-state index contributed by atoms with van der Waals surface area (Å²) in [5.74, 6) is 0.690. The molecule has 0 spiro atoms. The standard InChI is InChI=1S/C26H25N3O4S/c1-34(30,31)29-21-9-5-8-19(13-21)20-14-23-24(16-28-26(23)27-15-20)22(25-17-32-10-11-33-25)12-18-6-3-2-4-7-18/h2-3,5-6,8-11,13-17,22,29H,4,7,12H2,1H3,(H,27,28). The summed E-state index contributed by atoms with van der Waals surface area (Å²) < 4.78 is 37.1. The van der Waals surface area contributed by atoms with Crippen molar-refractivity contribution in [1.82, 2.24) is 9.97 Å². The van der Waals surface area contributed by atoms with E-state index in [1.165, 1.54) is 11.8 Å². The summed E-state index contributed by atoms with van der Waals surface area (Å²) >= 11 is 0. The van der Waals surface area contributed by atoms with Crippen molar-refractivity contribution in [2.75, 3.05) is 11.0 Å². The Morgan fingerprint density at radius 2 is 2.12 bits per heavy atom. The molecule has 1 aliphatic heterocycles. The van der Waals surface area contributed by atoms with E-state index in [-0.39, 0.29) is 5.92 Å². The molecule has 2 aliphatic rings. The quantitative estimate of drug-likeness (QED) is 0.456. The Kier molecular flexibility index (Phi) is 5.98. The fourth-order valence-electron chi connectivity index (χ4n) is 4.33. The Hall–Kier alpha value is -3.78. The van der Waals surface area contributed by atoms with E-state index in [0.717, 1.165) is 59.0 Å². The summed E-state index contributed by atoms with van der Waals surface area (Å²) in [7, 11) is -3.36. The Morgan fingerprint density at radius 3 is 2.88 bits per heavy atom. The summed E-state index contributed by atoms with van der Waals surface area (Å²) in [4.78, 5) is 7.92. The summed E-state index contributed by atoms with van der Waals surface area (Å²) in [6.45, 7) is 0. The average molecular weight is 476 g/mol. The van der Waals surface area contributed by atoms with Crippen LogP contribution >= 0.6 is 0 Å². The maximum absolute atomic E-state index is 11.7. The van der Waals surface area contributed by atoms with Crippen LogP contribution in [0.15, 0.2) is 91.1 Å². The molecule has 1 aromatic carbocycles. The lowest BCUT2D eigenvalue weighted by molar-refractivity contribution is 0.236. The summed E-state index contributed by atoms with van der Waals surface area (Å²) in [6.07, 6.45) is 18.9. The summed E-state index contributed by atoms with van der Waals surface area (Å²) in [5.41, 5.74) is 5.46. The Bertz CT molecular complexity index is 1450. The third-order valence-electron chi connectivity index (χ3n) is 5.87. The van der Waals surface area contributed by atoms with Gasteiger partial charge in [-0.25, -0.2) is 13.4 Å². The van der Waals surface area contributed by atoms with E-state index in [2.05, 4.69) is 39.0 Å². The molecule has 1 unspecified atom stereocenters. The zero-order valence-corrected chi connectivity index (χ0v) is 19.5. The zero-order chi connectivity index (χ0) is 23.5. The number of H-pyrrole nitrogens is 1. The molecule has 8 heteroatoms. The van der Waals surface area contributed by atoms with Gasteiger partial charge in [0.05, 0.1) is 12.2 Å². The van der Waals surface area contributed by atoms with Gasteiger partial charge in [-0.3, -0.25) is 4.72 Å². The summed E-state index contributed by atoms with van der Waals surface area (Å²) in [5, 5.41) is 0.981. The number of sulfonamides is 1. The second-order valence-electron chi connectivity index (χ2n) is 8.41. The number of aromatic amines is 1. The predicted octanol–water partition coefficient (Wildman–Crippen LogP) is 5.71. The van der Waals surface area contributed by atoms with Gasteiger partial charge in [-0.05, 0) is 48.6 Å². The van der Waals surface area contributed by atoms with E-state index in [1.54, 1.807) is 30.9 Å². The second kappa shape index (κ2) is 9.23. The minimum Gasteiger partial charge on any atom is -0.466 e. The molecule has 7 nitrogen and oxygen atoms in total. The largest absolute Gasteiger partial charge is 0.466 e. The maximum atomic E-state index is 11.7. The van der Waals surface area contributed by atoms with Crippen LogP contribution in [0.3, 0.4) is 0 Å². The van der Waals surface area contributed by atoms with Crippen LogP contribution in [0, 0.1) is 0 Å². The number of fused-ring (bicyclic) bond motifs is 1. The molecule has 0 bridgehead atoms. The van der Waals surface area contributed by atoms with Gasteiger partial charge in [0.1, 0.15) is 30.2 Å². The molecule has 0 amide bonds. The second-order valence-corrected chi connectivity index (χ2v) is 10.2. The fourth-order valence-corrected chi connectivity index (χ4v) is 4.89. The Balaban J connectivity index is 1.55. The zero-order valence-electron chi connectivity index (χ0n) is 18.7. The van der Waals surface area contributed by atoms with Gasteiger partial charge >= 0.3 is 0 Å². The first-order chi connectivity index (χ1) is 16.5. The molecule has 1 atom stereocenters. The topological polar surface area (TPSA) is 93.3 Å². The van der Waals surface area contributed by atoms with E-state index < -0.39 is 10.0 Å². The van der Waals surface area contributed by atoms with Gasteiger partial charge in [0, 0.05) is 29.0 Å². The molecule has 2 N–H and O–H groups in total.